The van der Waals surface area contributed by atoms with E-state index >= 15 is 0 Å². The maximum absolute atomic E-state index is 3.79. The van der Waals surface area contributed by atoms with Gasteiger partial charge in [-0.05, 0) is 48.5 Å². The Bertz CT molecular complexity index is 607. The van der Waals surface area contributed by atoms with E-state index in [9.17, 15) is 0 Å². The molecule has 24 heavy (non-hydrogen) atoms. The molecule has 2 aromatic carbocycles. The summed E-state index contributed by atoms with van der Waals surface area (Å²) < 4.78 is 0. The van der Waals surface area contributed by atoms with Gasteiger partial charge in [-0.1, -0.05) is 54.6 Å². The summed E-state index contributed by atoms with van der Waals surface area (Å²) in [4.78, 5) is 2.61. The van der Waals surface area contributed by atoms with Crippen LogP contribution in [0.3, 0.4) is 0 Å². The molecule has 4 heteroatoms. The van der Waals surface area contributed by atoms with E-state index in [0.29, 0.717) is 6.04 Å². The predicted octanol–water partition coefficient (Wildman–Crippen LogP) is 4.38. The van der Waals surface area contributed by atoms with Crippen LogP contribution in [0.15, 0.2) is 54.6 Å². The zero-order valence-electron chi connectivity index (χ0n) is 13.9. The fraction of sp³-hybridized carbons (Fsp3) is 0.400. The van der Waals surface area contributed by atoms with Gasteiger partial charge in [-0.25, -0.2) is 0 Å². The maximum atomic E-state index is 3.79. The van der Waals surface area contributed by atoms with Crippen LogP contribution in [0.5, 0.6) is 0 Å². The zero-order chi connectivity index (χ0) is 14.8. The number of nitrogens with zero attached hydrogens (tertiary/aromatic N) is 1. The molecule has 3 aliphatic rings. The third-order valence-electron chi connectivity index (χ3n) is 5.29. The Labute approximate surface area is 157 Å². The van der Waals surface area contributed by atoms with Gasteiger partial charge >= 0.3 is 0 Å². The lowest BCUT2D eigenvalue weighted by molar-refractivity contribution is 0.0720. The first kappa shape index (κ1) is 19.3. The van der Waals surface area contributed by atoms with Crippen molar-refractivity contribution in [3.8, 4) is 11.1 Å². The van der Waals surface area contributed by atoms with Gasteiger partial charge in [-0.3, -0.25) is 0 Å². The molecule has 2 nitrogen and oxygen atoms in total. The lowest BCUT2D eigenvalue weighted by Crippen LogP contribution is -2.55. The van der Waals surface area contributed by atoms with Gasteiger partial charge in [-0.15, -0.1) is 24.8 Å². The second-order valence-electron chi connectivity index (χ2n) is 6.69. The van der Waals surface area contributed by atoms with E-state index in [4.69, 9.17) is 0 Å². The van der Waals surface area contributed by atoms with Crippen molar-refractivity contribution in [2.45, 2.75) is 25.4 Å². The summed E-state index contributed by atoms with van der Waals surface area (Å²) in [5.41, 5.74) is 3.97. The van der Waals surface area contributed by atoms with Crippen molar-refractivity contribution in [2.75, 3.05) is 19.6 Å². The molecule has 0 amide bonds. The minimum atomic E-state index is 0. The molecular weight excluding hydrogens is 339 g/mol. The van der Waals surface area contributed by atoms with Gasteiger partial charge < -0.3 is 10.2 Å². The predicted molar refractivity (Wildman–Crippen MR) is 106 cm³/mol. The van der Waals surface area contributed by atoms with Crippen molar-refractivity contribution in [1.29, 1.82) is 0 Å². The molecule has 0 spiro atoms. The van der Waals surface area contributed by atoms with Crippen molar-refractivity contribution in [2.24, 2.45) is 5.92 Å². The minimum absolute atomic E-state index is 0. The first-order valence-corrected chi connectivity index (χ1v) is 8.48. The molecule has 1 unspecified atom stereocenters. The Morgan fingerprint density at radius 2 is 1.46 bits per heavy atom. The van der Waals surface area contributed by atoms with Gasteiger partial charge in [0.25, 0.3) is 0 Å². The fourth-order valence-electron chi connectivity index (χ4n) is 3.89. The van der Waals surface area contributed by atoms with Crippen LogP contribution in [-0.4, -0.2) is 30.6 Å². The number of hydrogen-bond donors (Lipinski definition) is 1. The highest BCUT2D eigenvalue weighted by atomic mass is 35.5. The largest absolute Gasteiger partial charge is 0.308 e. The SMILES string of the molecule is Cl.Cl.c1ccc(-c2ccc(CNC3CN4CCC3CC4)cc2)cc1. The molecule has 1 N–H and O–H groups in total. The highest BCUT2D eigenvalue weighted by Crippen LogP contribution is 2.27. The van der Waals surface area contributed by atoms with Gasteiger partial charge in [-0.2, -0.15) is 0 Å². The Morgan fingerprint density at radius 3 is 2.04 bits per heavy atom. The Morgan fingerprint density at radius 1 is 0.833 bits per heavy atom. The van der Waals surface area contributed by atoms with Crippen molar-refractivity contribution in [3.05, 3.63) is 60.2 Å². The molecule has 0 aromatic heterocycles. The summed E-state index contributed by atoms with van der Waals surface area (Å²) in [5, 5.41) is 3.79. The quantitative estimate of drug-likeness (QED) is 0.865. The van der Waals surface area contributed by atoms with E-state index in [1.54, 1.807) is 0 Å². The summed E-state index contributed by atoms with van der Waals surface area (Å²) in [7, 11) is 0. The molecule has 3 aliphatic heterocycles. The van der Waals surface area contributed by atoms with Crippen molar-refractivity contribution in [1.82, 2.24) is 10.2 Å². The van der Waals surface area contributed by atoms with E-state index in [0.717, 1.165) is 12.5 Å². The number of rotatable bonds is 4. The number of nitrogens with one attached hydrogen (secondary N) is 1. The highest BCUT2D eigenvalue weighted by Gasteiger charge is 2.33. The zero-order valence-corrected chi connectivity index (χ0v) is 15.5. The Kier molecular flexibility index (Phi) is 7.12. The van der Waals surface area contributed by atoms with Gasteiger partial charge in [0, 0.05) is 19.1 Å². The molecule has 5 rings (SSSR count). The second kappa shape index (κ2) is 8.87. The topological polar surface area (TPSA) is 15.3 Å². The number of hydrogen-bond acceptors (Lipinski definition) is 2. The van der Waals surface area contributed by atoms with E-state index in [1.165, 1.54) is 49.2 Å². The van der Waals surface area contributed by atoms with Crippen LogP contribution in [0.4, 0.5) is 0 Å². The average Bonchev–Trinajstić information content (AvgIpc) is 2.62. The maximum Gasteiger partial charge on any atom is 0.0227 e. The lowest BCUT2D eigenvalue weighted by Gasteiger charge is -2.45. The minimum Gasteiger partial charge on any atom is -0.308 e. The second-order valence-corrected chi connectivity index (χ2v) is 6.69. The third-order valence-corrected chi connectivity index (χ3v) is 5.29. The molecule has 0 saturated carbocycles. The van der Waals surface area contributed by atoms with Crippen LogP contribution in [0.2, 0.25) is 0 Å². The molecular formula is C20H26Cl2N2. The molecule has 2 aromatic rings. The normalized spacial score (nSPS) is 24.8. The number of benzene rings is 2. The summed E-state index contributed by atoms with van der Waals surface area (Å²) >= 11 is 0. The van der Waals surface area contributed by atoms with E-state index in [2.05, 4.69) is 64.8 Å². The molecule has 130 valence electrons. The number of halogens is 2. The van der Waals surface area contributed by atoms with Crippen LogP contribution >= 0.6 is 24.8 Å². The molecule has 2 bridgehead atoms. The summed E-state index contributed by atoms with van der Waals surface area (Å²) in [6.07, 6.45) is 2.76. The van der Waals surface area contributed by atoms with Crippen LogP contribution in [0, 0.1) is 5.92 Å². The van der Waals surface area contributed by atoms with Gasteiger partial charge in [0.15, 0.2) is 0 Å². The van der Waals surface area contributed by atoms with E-state index < -0.39 is 0 Å². The number of piperidine rings is 3. The van der Waals surface area contributed by atoms with E-state index in [-0.39, 0.29) is 24.8 Å². The van der Waals surface area contributed by atoms with Gasteiger partial charge in [0.2, 0.25) is 0 Å². The van der Waals surface area contributed by atoms with E-state index in [1.807, 2.05) is 0 Å². The average molecular weight is 365 g/mol. The summed E-state index contributed by atoms with van der Waals surface area (Å²) in [6, 6.07) is 20.3. The molecule has 1 atom stereocenters. The monoisotopic (exact) mass is 364 g/mol. The van der Waals surface area contributed by atoms with Gasteiger partial charge in [0.05, 0.1) is 0 Å². The Hall–Kier alpha value is -1.06. The van der Waals surface area contributed by atoms with Crippen LogP contribution in [0.1, 0.15) is 18.4 Å². The van der Waals surface area contributed by atoms with Crippen LogP contribution in [-0.2, 0) is 6.54 Å². The van der Waals surface area contributed by atoms with Crippen molar-refractivity contribution < 1.29 is 0 Å². The Balaban J connectivity index is 0.00000104. The standard InChI is InChI=1S/C20H24N2.2ClH/c1-2-4-17(5-3-1)18-8-6-16(7-9-18)14-21-20-15-22-12-10-19(20)11-13-22;;/h1-9,19-21H,10-15H2;2*1H. The lowest BCUT2D eigenvalue weighted by atomic mass is 9.84. The molecule has 3 fully saturated rings. The van der Waals surface area contributed by atoms with Crippen molar-refractivity contribution in [3.63, 3.8) is 0 Å². The molecule has 3 heterocycles. The summed E-state index contributed by atoms with van der Waals surface area (Å²) in [5.74, 6) is 0.897. The fourth-order valence-corrected chi connectivity index (χ4v) is 3.89. The summed E-state index contributed by atoms with van der Waals surface area (Å²) in [6.45, 7) is 4.86. The van der Waals surface area contributed by atoms with Crippen LogP contribution in [0.25, 0.3) is 11.1 Å². The van der Waals surface area contributed by atoms with Crippen LogP contribution < -0.4 is 5.32 Å². The molecule has 0 radical (unpaired) electrons. The number of fused-ring (bicyclic) bond motifs is 3. The van der Waals surface area contributed by atoms with Gasteiger partial charge in [0.1, 0.15) is 0 Å². The first-order valence-electron chi connectivity index (χ1n) is 8.48. The molecule has 0 aliphatic carbocycles. The highest BCUT2D eigenvalue weighted by molar-refractivity contribution is 5.85. The molecule has 3 saturated heterocycles. The third kappa shape index (κ3) is 4.31. The smallest absolute Gasteiger partial charge is 0.0227 e. The van der Waals surface area contributed by atoms with Crippen molar-refractivity contribution >= 4 is 24.8 Å². The first-order chi connectivity index (χ1) is 10.9.